The predicted octanol–water partition coefficient (Wildman–Crippen LogP) is 3.53. The minimum absolute atomic E-state index is 0.174. The van der Waals surface area contributed by atoms with Gasteiger partial charge in [-0.2, -0.15) is 0 Å². The molecular weight excluding hydrogens is 393 g/mol. The Morgan fingerprint density at radius 2 is 1.97 bits per heavy atom. The molecule has 29 heavy (non-hydrogen) atoms. The number of carbonyl (C=O) groups excluding carboxylic acids is 1. The molecule has 0 unspecified atom stereocenters. The van der Waals surface area contributed by atoms with Gasteiger partial charge in [-0.25, -0.2) is 14.4 Å². The molecule has 0 radical (unpaired) electrons. The number of aromatic nitrogens is 2. The molecule has 0 atom stereocenters. The van der Waals surface area contributed by atoms with E-state index in [0.717, 1.165) is 5.69 Å². The van der Waals surface area contributed by atoms with Crippen molar-refractivity contribution in [3.05, 3.63) is 81.6 Å². The van der Waals surface area contributed by atoms with Crippen molar-refractivity contribution in [2.24, 2.45) is 4.99 Å². The van der Waals surface area contributed by atoms with Gasteiger partial charge in [0, 0.05) is 30.2 Å². The fourth-order valence-electron chi connectivity index (χ4n) is 3.50. The molecule has 1 amide bonds. The van der Waals surface area contributed by atoms with E-state index < -0.39 is 0 Å². The summed E-state index contributed by atoms with van der Waals surface area (Å²) in [5.41, 5.74) is 5.94. The first-order valence-electron chi connectivity index (χ1n) is 9.03. The van der Waals surface area contributed by atoms with Crippen LogP contribution in [-0.4, -0.2) is 40.3 Å². The molecule has 2 heterocycles. The molecule has 1 N–H and O–H groups in total. The van der Waals surface area contributed by atoms with Crippen molar-refractivity contribution in [2.75, 3.05) is 14.1 Å². The van der Waals surface area contributed by atoms with Crippen LogP contribution in [0.4, 0.5) is 4.39 Å². The van der Waals surface area contributed by atoms with Crippen LogP contribution in [0.3, 0.4) is 0 Å². The van der Waals surface area contributed by atoms with Crippen LogP contribution < -0.4 is 5.43 Å². The number of amides is 1. The number of hydrogen-bond acceptors (Lipinski definition) is 4. The van der Waals surface area contributed by atoms with E-state index in [4.69, 9.17) is 11.6 Å². The van der Waals surface area contributed by atoms with Crippen molar-refractivity contribution in [1.82, 2.24) is 20.0 Å². The Labute approximate surface area is 172 Å². The molecule has 2 aromatic carbocycles. The third-order valence-corrected chi connectivity index (χ3v) is 4.89. The number of nitrogens with one attached hydrogen (secondary N) is 1. The van der Waals surface area contributed by atoms with Gasteiger partial charge >= 0.3 is 0 Å². The summed E-state index contributed by atoms with van der Waals surface area (Å²) in [7, 11) is 3.45. The first-order valence-corrected chi connectivity index (χ1v) is 9.40. The largest absolute Gasteiger partial charge is 0.298 e. The van der Waals surface area contributed by atoms with E-state index >= 15 is 0 Å². The van der Waals surface area contributed by atoms with Gasteiger partial charge in [-0.1, -0.05) is 23.7 Å². The van der Waals surface area contributed by atoms with E-state index in [-0.39, 0.29) is 24.0 Å². The van der Waals surface area contributed by atoms with E-state index in [2.05, 4.69) is 15.4 Å². The minimum Gasteiger partial charge on any atom is -0.298 e. The quantitative estimate of drug-likeness (QED) is 0.670. The zero-order valence-corrected chi connectivity index (χ0v) is 17.0. The number of nitrogens with zero attached hydrogens (tertiary/aromatic N) is 4. The fourth-order valence-corrected chi connectivity index (χ4v) is 3.67. The smallest absolute Gasteiger partial charge is 0.286 e. The molecule has 3 aromatic rings. The van der Waals surface area contributed by atoms with Gasteiger partial charge in [-0.05, 0) is 37.3 Å². The Balaban J connectivity index is 1.96. The third kappa shape index (κ3) is 3.43. The van der Waals surface area contributed by atoms with E-state index in [0.29, 0.717) is 33.4 Å². The van der Waals surface area contributed by atoms with Crippen molar-refractivity contribution < 1.29 is 9.18 Å². The second-order valence-corrected chi connectivity index (χ2v) is 7.37. The number of benzene rings is 2. The molecule has 6 nitrogen and oxygen atoms in total. The summed E-state index contributed by atoms with van der Waals surface area (Å²) in [6.45, 7) is 2.00. The number of rotatable bonds is 3. The molecule has 1 aliphatic heterocycles. The molecule has 1 aromatic heterocycles. The van der Waals surface area contributed by atoms with Crippen LogP contribution in [0, 0.1) is 12.7 Å². The van der Waals surface area contributed by atoms with Crippen molar-refractivity contribution in [2.45, 2.75) is 13.5 Å². The lowest BCUT2D eigenvalue weighted by Crippen LogP contribution is -2.36. The van der Waals surface area contributed by atoms with Crippen molar-refractivity contribution in [1.29, 1.82) is 0 Å². The van der Waals surface area contributed by atoms with Crippen LogP contribution in [0.2, 0.25) is 5.02 Å². The van der Waals surface area contributed by atoms with E-state index in [1.54, 1.807) is 49.4 Å². The molecule has 0 saturated carbocycles. The number of hydrazine groups is 1. The molecule has 1 aliphatic rings. The Morgan fingerprint density at radius 3 is 2.69 bits per heavy atom. The number of fused-ring (bicyclic) bond motifs is 3. The number of carbonyl (C=O) groups is 1. The summed E-state index contributed by atoms with van der Waals surface area (Å²) in [5.74, 6) is -0.0615. The summed E-state index contributed by atoms with van der Waals surface area (Å²) in [6, 6.07) is 11.8. The van der Waals surface area contributed by atoms with Crippen LogP contribution >= 0.6 is 11.6 Å². The highest BCUT2D eigenvalue weighted by atomic mass is 35.5. The third-order valence-electron chi connectivity index (χ3n) is 4.65. The topological polar surface area (TPSA) is 62.5 Å². The maximum atomic E-state index is 14.6. The van der Waals surface area contributed by atoms with Crippen LogP contribution in [0.5, 0.6) is 0 Å². The molecule has 0 bridgehead atoms. The SMILES string of the molecule is Cc1nc(C(=O)NN(C)C)c2n1-c1ccc(Cl)cc1C(c1ccccc1F)=NC2. The maximum absolute atomic E-state index is 14.6. The summed E-state index contributed by atoms with van der Waals surface area (Å²) >= 11 is 6.26. The number of aliphatic imine (C=N–C) groups is 1. The summed E-state index contributed by atoms with van der Waals surface area (Å²) < 4.78 is 16.5. The molecule has 0 spiro atoms. The van der Waals surface area contributed by atoms with E-state index in [1.165, 1.54) is 6.07 Å². The standard InChI is InChI=1S/C21H19ClFN5O/c1-12-25-20(21(29)26-27(2)3)18-11-24-19(14-6-4-5-7-16(14)23)15-10-13(22)8-9-17(15)28(12)18/h4-10H,11H2,1-3H3,(H,26,29). The van der Waals surface area contributed by atoms with Gasteiger partial charge in [0.2, 0.25) is 0 Å². The van der Waals surface area contributed by atoms with E-state index in [1.807, 2.05) is 17.6 Å². The lowest BCUT2D eigenvalue weighted by molar-refractivity contribution is 0.0851. The highest BCUT2D eigenvalue weighted by molar-refractivity contribution is 6.31. The molecule has 0 aliphatic carbocycles. The molecule has 0 fully saturated rings. The van der Waals surface area contributed by atoms with Gasteiger partial charge in [0.25, 0.3) is 5.91 Å². The van der Waals surface area contributed by atoms with Crippen LogP contribution in [-0.2, 0) is 6.54 Å². The van der Waals surface area contributed by atoms with Crippen LogP contribution in [0.1, 0.15) is 33.1 Å². The van der Waals surface area contributed by atoms with Gasteiger partial charge in [-0.3, -0.25) is 19.8 Å². The van der Waals surface area contributed by atoms with Gasteiger partial charge in [-0.15, -0.1) is 0 Å². The zero-order chi connectivity index (χ0) is 20.7. The molecular formula is C21H19ClFN5O. The molecule has 8 heteroatoms. The molecule has 4 rings (SSSR count). The summed E-state index contributed by atoms with van der Waals surface area (Å²) in [6.07, 6.45) is 0. The number of hydrogen-bond donors (Lipinski definition) is 1. The lowest BCUT2D eigenvalue weighted by Gasteiger charge is -2.14. The van der Waals surface area contributed by atoms with Crippen LogP contribution in [0.15, 0.2) is 47.5 Å². The highest BCUT2D eigenvalue weighted by Gasteiger charge is 2.27. The zero-order valence-electron chi connectivity index (χ0n) is 16.2. The number of halogens is 2. The Hall–Kier alpha value is -3.03. The fraction of sp³-hybridized carbons (Fsp3) is 0.190. The van der Waals surface area contributed by atoms with Gasteiger partial charge in [0.15, 0.2) is 5.69 Å². The predicted molar refractivity (Wildman–Crippen MR) is 110 cm³/mol. The van der Waals surface area contributed by atoms with Crippen molar-refractivity contribution >= 4 is 23.2 Å². The van der Waals surface area contributed by atoms with Gasteiger partial charge in [0.05, 0.1) is 23.6 Å². The van der Waals surface area contributed by atoms with Gasteiger partial charge in [0.1, 0.15) is 11.6 Å². The minimum atomic E-state index is -0.371. The van der Waals surface area contributed by atoms with Crippen LogP contribution in [0.25, 0.3) is 5.69 Å². The summed E-state index contributed by atoms with van der Waals surface area (Å²) in [5, 5.41) is 2.07. The molecule has 0 saturated heterocycles. The highest BCUT2D eigenvalue weighted by Crippen LogP contribution is 2.30. The second kappa shape index (κ2) is 7.42. The average molecular weight is 412 g/mol. The first-order chi connectivity index (χ1) is 13.9. The second-order valence-electron chi connectivity index (χ2n) is 6.93. The average Bonchev–Trinajstić information content (AvgIpc) is 2.90. The van der Waals surface area contributed by atoms with Crippen molar-refractivity contribution in [3.63, 3.8) is 0 Å². The lowest BCUT2D eigenvalue weighted by atomic mass is 10.00. The maximum Gasteiger partial charge on any atom is 0.286 e. The number of aryl methyl sites for hydroxylation is 1. The van der Waals surface area contributed by atoms with E-state index in [9.17, 15) is 9.18 Å². The normalized spacial score (nSPS) is 12.8. The monoisotopic (exact) mass is 411 g/mol. The number of imidazole rings is 1. The Kier molecular flexibility index (Phi) is 4.94. The van der Waals surface area contributed by atoms with Crippen molar-refractivity contribution in [3.8, 4) is 5.69 Å². The summed E-state index contributed by atoms with van der Waals surface area (Å²) in [4.78, 5) is 21.8. The Morgan fingerprint density at radius 1 is 1.21 bits per heavy atom. The van der Waals surface area contributed by atoms with Gasteiger partial charge < -0.3 is 0 Å². The Bertz CT molecular complexity index is 1150. The molecule has 148 valence electrons. The first kappa shape index (κ1) is 19.3.